The third-order valence-electron chi connectivity index (χ3n) is 2.80. The van der Waals surface area contributed by atoms with Crippen molar-refractivity contribution in [2.75, 3.05) is 19.7 Å². The van der Waals surface area contributed by atoms with Gasteiger partial charge in [-0.2, -0.15) is 0 Å². The number of carbonyl (C=O) groups is 1. The van der Waals surface area contributed by atoms with Crippen LogP contribution in [-0.2, 0) is 4.74 Å². The van der Waals surface area contributed by atoms with E-state index in [0.717, 1.165) is 25.9 Å². The molecule has 0 bridgehead atoms. The molecule has 1 N–H and O–H groups in total. The van der Waals surface area contributed by atoms with Crippen LogP contribution < -0.4 is 10.1 Å². The van der Waals surface area contributed by atoms with E-state index in [4.69, 9.17) is 9.47 Å². The zero-order chi connectivity index (χ0) is 12.8. The van der Waals surface area contributed by atoms with Gasteiger partial charge in [-0.05, 0) is 38.4 Å². The molecule has 18 heavy (non-hydrogen) atoms. The first kappa shape index (κ1) is 12.8. The van der Waals surface area contributed by atoms with Crippen LogP contribution >= 0.6 is 0 Å². The van der Waals surface area contributed by atoms with Gasteiger partial charge in [-0.25, -0.2) is 9.78 Å². The van der Waals surface area contributed by atoms with Crippen molar-refractivity contribution in [1.82, 2.24) is 10.3 Å². The van der Waals surface area contributed by atoms with Crippen LogP contribution in [0, 0.1) is 0 Å². The predicted octanol–water partition coefficient (Wildman–Crippen LogP) is 1.39. The molecule has 1 unspecified atom stereocenters. The second-order valence-corrected chi connectivity index (χ2v) is 4.16. The highest BCUT2D eigenvalue weighted by Crippen LogP contribution is 2.19. The highest BCUT2D eigenvalue weighted by atomic mass is 16.5. The number of aromatic nitrogens is 1. The van der Waals surface area contributed by atoms with E-state index in [1.54, 1.807) is 25.3 Å². The number of piperidine rings is 1. The Morgan fingerprint density at radius 1 is 1.61 bits per heavy atom. The Morgan fingerprint density at radius 3 is 3.22 bits per heavy atom. The minimum atomic E-state index is -0.385. The van der Waals surface area contributed by atoms with Crippen molar-refractivity contribution in [2.24, 2.45) is 0 Å². The average molecular weight is 250 g/mol. The molecule has 5 nitrogen and oxygen atoms in total. The Morgan fingerprint density at radius 2 is 2.50 bits per heavy atom. The van der Waals surface area contributed by atoms with Crippen molar-refractivity contribution in [3.8, 4) is 5.88 Å². The summed E-state index contributed by atoms with van der Waals surface area (Å²) in [5.41, 5.74) is 0.393. The predicted molar refractivity (Wildman–Crippen MR) is 66.7 cm³/mol. The van der Waals surface area contributed by atoms with Crippen LogP contribution in [0.25, 0.3) is 0 Å². The second kappa shape index (κ2) is 6.35. The Kier molecular flexibility index (Phi) is 4.52. The summed E-state index contributed by atoms with van der Waals surface area (Å²) in [6, 6.07) is 3.38. The molecule has 1 aromatic rings. The molecule has 0 saturated carbocycles. The van der Waals surface area contributed by atoms with E-state index in [9.17, 15) is 4.79 Å². The highest BCUT2D eigenvalue weighted by molar-refractivity contribution is 5.91. The first-order valence-corrected chi connectivity index (χ1v) is 6.30. The number of hydrogen-bond donors (Lipinski definition) is 1. The molecule has 2 heterocycles. The second-order valence-electron chi connectivity index (χ2n) is 4.16. The Balaban J connectivity index is 2.08. The maximum absolute atomic E-state index is 11.7. The molecular weight excluding hydrogens is 232 g/mol. The summed E-state index contributed by atoms with van der Waals surface area (Å²) in [6.45, 7) is 3.93. The van der Waals surface area contributed by atoms with E-state index < -0.39 is 0 Å². The number of hydrogen-bond acceptors (Lipinski definition) is 5. The molecular formula is C13H18N2O3. The first-order valence-electron chi connectivity index (χ1n) is 6.30. The summed E-state index contributed by atoms with van der Waals surface area (Å²) >= 11 is 0. The molecule has 1 saturated heterocycles. The average Bonchev–Trinajstić information content (AvgIpc) is 2.41. The number of rotatable bonds is 4. The van der Waals surface area contributed by atoms with E-state index in [1.807, 2.05) is 0 Å². The van der Waals surface area contributed by atoms with E-state index in [1.165, 1.54) is 0 Å². The number of pyridine rings is 1. The smallest absolute Gasteiger partial charge is 0.343 e. The van der Waals surface area contributed by atoms with Gasteiger partial charge in [-0.1, -0.05) is 0 Å². The van der Waals surface area contributed by atoms with Crippen LogP contribution in [0.3, 0.4) is 0 Å². The highest BCUT2D eigenvalue weighted by Gasteiger charge is 2.20. The van der Waals surface area contributed by atoms with Crippen molar-refractivity contribution in [3.63, 3.8) is 0 Å². The van der Waals surface area contributed by atoms with Crippen molar-refractivity contribution < 1.29 is 14.3 Å². The van der Waals surface area contributed by atoms with E-state index in [0.29, 0.717) is 18.1 Å². The van der Waals surface area contributed by atoms with Crippen LogP contribution in [0.1, 0.15) is 30.1 Å². The van der Waals surface area contributed by atoms with Crippen molar-refractivity contribution in [2.45, 2.75) is 25.9 Å². The lowest BCUT2D eigenvalue weighted by atomic mass is 10.1. The lowest BCUT2D eigenvalue weighted by Gasteiger charge is -2.24. The Hall–Kier alpha value is -1.62. The molecule has 1 aliphatic rings. The third kappa shape index (κ3) is 3.20. The van der Waals surface area contributed by atoms with E-state index in [-0.39, 0.29) is 12.1 Å². The van der Waals surface area contributed by atoms with Gasteiger partial charge in [0.25, 0.3) is 0 Å². The van der Waals surface area contributed by atoms with Crippen molar-refractivity contribution in [1.29, 1.82) is 0 Å². The summed E-state index contributed by atoms with van der Waals surface area (Å²) in [6.07, 6.45) is 3.74. The topological polar surface area (TPSA) is 60.5 Å². The Bertz CT molecular complexity index is 403. The molecule has 1 fully saturated rings. The molecule has 2 rings (SSSR count). The van der Waals surface area contributed by atoms with Crippen LogP contribution in [0.5, 0.6) is 5.88 Å². The monoisotopic (exact) mass is 250 g/mol. The fraction of sp³-hybridized carbons (Fsp3) is 0.538. The van der Waals surface area contributed by atoms with Gasteiger partial charge >= 0.3 is 5.97 Å². The van der Waals surface area contributed by atoms with E-state index in [2.05, 4.69) is 10.3 Å². The number of ether oxygens (including phenoxy) is 2. The summed E-state index contributed by atoms with van der Waals surface area (Å²) in [4.78, 5) is 15.9. The normalized spacial score (nSPS) is 19.3. The number of nitrogens with zero attached hydrogens (tertiary/aromatic N) is 1. The molecule has 1 atom stereocenters. The zero-order valence-electron chi connectivity index (χ0n) is 10.5. The number of esters is 1. The van der Waals surface area contributed by atoms with Gasteiger partial charge < -0.3 is 14.8 Å². The van der Waals surface area contributed by atoms with Crippen molar-refractivity contribution >= 4 is 5.97 Å². The van der Waals surface area contributed by atoms with E-state index >= 15 is 0 Å². The number of nitrogens with one attached hydrogen (secondary N) is 1. The molecule has 0 amide bonds. The van der Waals surface area contributed by atoms with Crippen LogP contribution in [0.2, 0.25) is 0 Å². The van der Waals surface area contributed by atoms with Gasteiger partial charge in [0, 0.05) is 12.7 Å². The molecule has 0 spiro atoms. The summed E-state index contributed by atoms with van der Waals surface area (Å²) in [7, 11) is 0. The largest absolute Gasteiger partial charge is 0.472 e. The molecule has 1 aromatic heterocycles. The van der Waals surface area contributed by atoms with Gasteiger partial charge in [-0.3, -0.25) is 0 Å². The summed E-state index contributed by atoms with van der Waals surface area (Å²) < 4.78 is 10.8. The molecule has 0 radical (unpaired) electrons. The minimum Gasteiger partial charge on any atom is -0.472 e. The number of carbonyl (C=O) groups excluding carboxylic acids is 1. The third-order valence-corrected chi connectivity index (χ3v) is 2.80. The van der Waals surface area contributed by atoms with Gasteiger partial charge in [0.05, 0.1) is 6.61 Å². The van der Waals surface area contributed by atoms with Gasteiger partial charge in [0.2, 0.25) is 5.88 Å². The maximum Gasteiger partial charge on any atom is 0.343 e. The van der Waals surface area contributed by atoms with Gasteiger partial charge in [0.1, 0.15) is 11.7 Å². The van der Waals surface area contributed by atoms with Crippen molar-refractivity contribution in [3.05, 3.63) is 23.9 Å². The Labute approximate surface area is 107 Å². The SMILES string of the molecule is CCOC(=O)c1cccnc1OC1CCCNC1. The van der Waals surface area contributed by atoms with Crippen LogP contribution in [0.4, 0.5) is 0 Å². The standard InChI is InChI=1S/C13H18N2O3/c1-2-17-13(16)11-6-4-8-15-12(11)18-10-5-3-7-14-9-10/h4,6,8,10,14H,2-3,5,7,9H2,1H3. The fourth-order valence-corrected chi connectivity index (χ4v) is 1.93. The van der Waals surface area contributed by atoms with Gasteiger partial charge in [-0.15, -0.1) is 0 Å². The molecule has 5 heteroatoms. The molecule has 98 valence electrons. The quantitative estimate of drug-likeness (QED) is 0.818. The summed E-state index contributed by atoms with van der Waals surface area (Å²) in [5, 5.41) is 3.26. The van der Waals surface area contributed by atoms with Crippen LogP contribution in [0.15, 0.2) is 18.3 Å². The zero-order valence-corrected chi connectivity index (χ0v) is 10.5. The fourth-order valence-electron chi connectivity index (χ4n) is 1.93. The minimum absolute atomic E-state index is 0.0711. The first-order chi connectivity index (χ1) is 8.81. The van der Waals surface area contributed by atoms with Crippen LogP contribution in [-0.4, -0.2) is 36.8 Å². The molecule has 0 aliphatic carbocycles. The summed E-state index contributed by atoms with van der Waals surface area (Å²) in [5.74, 6) is -0.0194. The lowest BCUT2D eigenvalue weighted by Crippen LogP contribution is -2.37. The molecule has 1 aliphatic heterocycles. The van der Waals surface area contributed by atoms with Gasteiger partial charge in [0.15, 0.2) is 0 Å². The maximum atomic E-state index is 11.7. The molecule has 0 aromatic carbocycles. The lowest BCUT2D eigenvalue weighted by molar-refractivity contribution is 0.0515.